The highest BCUT2D eigenvalue weighted by Crippen LogP contribution is 2.31. The van der Waals surface area contributed by atoms with E-state index in [1.807, 2.05) is 36.6 Å². The molecule has 1 aromatic heterocycles. The zero-order valence-corrected chi connectivity index (χ0v) is 15.4. The molecule has 0 spiro atoms. The van der Waals surface area contributed by atoms with Crippen molar-refractivity contribution in [2.75, 3.05) is 17.2 Å². The van der Waals surface area contributed by atoms with E-state index < -0.39 is 0 Å². The fourth-order valence-corrected chi connectivity index (χ4v) is 5.09. The molecular formula is C16H17N3OS3. The number of aliphatic imine (C=N–C) groups is 1. The number of aromatic nitrogens is 1. The molecule has 7 heteroatoms. The van der Waals surface area contributed by atoms with E-state index in [1.54, 1.807) is 35.3 Å². The van der Waals surface area contributed by atoms with E-state index in [2.05, 4.69) is 9.98 Å². The Labute approximate surface area is 148 Å². The number of thiazole rings is 1. The monoisotopic (exact) mass is 363 g/mol. The summed E-state index contributed by atoms with van der Waals surface area (Å²) in [5.74, 6) is 1.85. The van der Waals surface area contributed by atoms with Gasteiger partial charge in [-0.25, -0.2) is 4.98 Å². The van der Waals surface area contributed by atoms with Crippen LogP contribution >= 0.6 is 34.9 Å². The molecule has 4 nitrogen and oxygen atoms in total. The number of thioether (sulfide) groups is 2. The number of hydrogen-bond acceptors (Lipinski definition) is 6. The highest BCUT2D eigenvalue weighted by Gasteiger charge is 2.18. The van der Waals surface area contributed by atoms with Gasteiger partial charge in [0.15, 0.2) is 5.13 Å². The lowest BCUT2D eigenvalue weighted by molar-refractivity contribution is -0.115. The summed E-state index contributed by atoms with van der Waals surface area (Å²) in [6.07, 6.45) is 0. The number of amides is 1. The first-order valence-electron chi connectivity index (χ1n) is 7.25. The molecule has 2 heterocycles. The van der Waals surface area contributed by atoms with Crippen LogP contribution in [0, 0.1) is 6.92 Å². The predicted octanol–water partition coefficient (Wildman–Crippen LogP) is 4.47. The van der Waals surface area contributed by atoms with E-state index in [1.165, 1.54) is 11.3 Å². The number of anilines is 2. The van der Waals surface area contributed by atoms with Crippen molar-refractivity contribution in [1.82, 2.24) is 4.98 Å². The van der Waals surface area contributed by atoms with Crippen molar-refractivity contribution in [2.45, 2.75) is 19.6 Å². The zero-order chi connectivity index (χ0) is 16.2. The van der Waals surface area contributed by atoms with E-state index in [0.717, 1.165) is 44.5 Å². The standard InChI is InChI=1S/C16H17N3OS3/c1-11-4-3-5-14(8-11)19(12(2)20)15-18-13(9-22-15)10-23-16-17-6-7-21-16/h3-5,8-9H,6-7,10H2,1-2H3. The molecule has 120 valence electrons. The van der Waals surface area contributed by atoms with Crippen LogP contribution in [0.1, 0.15) is 18.2 Å². The van der Waals surface area contributed by atoms with Crippen LogP contribution in [0.2, 0.25) is 0 Å². The molecule has 0 fully saturated rings. The Morgan fingerprint density at radius 3 is 3.00 bits per heavy atom. The number of carbonyl (C=O) groups excluding carboxylic acids is 1. The third-order valence-electron chi connectivity index (χ3n) is 3.21. The van der Waals surface area contributed by atoms with Gasteiger partial charge in [0.05, 0.1) is 17.9 Å². The minimum Gasteiger partial charge on any atom is -0.274 e. The summed E-state index contributed by atoms with van der Waals surface area (Å²) in [7, 11) is 0. The number of rotatable bonds is 4. The van der Waals surface area contributed by atoms with Crippen LogP contribution < -0.4 is 4.90 Å². The smallest absolute Gasteiger partial charge is 0.230 e. The van der Waals surface area contributed by atoms with Gasteiger partial charge < -0.3 is 0 Å². The average molecular weight is 364 g/mol. The Kier molecular flexibility index (Phi) is 5.40. The molecule has 0 N–H and O–H groups in total. The van der Waals surface area contributed by atoms with Gasteiger partial charge in [-0.3, -0.25) is 14.7 Å². The SMILES string of the molecule is CC(=O)N(c1cccc(C)c1)c1nc(CSC2=NCCS2)cs1. The molecule has 0 aliphatic carbocycles. The lowest BCUT2D eigenvalue weighted by Gasteiger charge is -2.18. The van der Waals surface area contributed by atoms with Crippen LogP contribution in [0.3, 0.4) is 0 Å². The van der Waals surface area contributed by atoms with E-state index in [4.69, 9.17) is 0 Å². The quantitative estimate of drug-likeness (QED) is 0.804. The number of hydrogen-bond donors (Lipinski definition) is 0. The van der Waals surface area contributed by atoms with Crippen molar-refractivity contribution in [2.24, 2.45) is 4.99 Å². The maximum absolute atomic E-state index is 12.1. The minimum atomic E-state index is -0.0279. The number of aryl methyl sites for hydroxylation is 1. The summed E-state index contributed by atoms with van der Waals surface area (Å²) in [4.78, 5) is 22.8. The summed E-state index contributed by atoms with van der Waals surface area (Å²) >= 11 is 5.03. The Hall–Kier alpha value is -1.31. The third kappa shape index (κ3) is 4.16. The van der Waals surface area contributed by atoms with Crippen molar-refractivity contribution in [1.29, 1.82) is 0 Å². The summed E-state index contributed by atoms with van der Waals surface area (Å²) in [5, 5.41) is 2.74. The highest BCUT2D eigenvalue weighted by atomic mass is 32.2. The molecule has 1 amide bonds. The van der Waals surface area contributed by atoms with Crippen LogP contribution in [-0.4, -0.2) is 27.6 Å². The Balaban J connectivity index is 1.77. The van der Waals surface area contributed by atoms with Gasteiger partial charge in [-0.15, -0.1) is 11.3 Å². The molecule has 2 aromatic rings. The molecule has 0 atom stereocenters. The zero-order valence-electron chi connectivity index (χ0n) is 13.0. The Bertz CT molecular complexity index is 742. The van der Waals surface area contributed by atoms with Gasteiger partial charge >= 0.3 is 0 Å². The van der Waals surface area contributed by atoms with Gasteiger partial charge in [-0.05, 0) is 24.6 Å². The first-order chi connectivity index (χ1) is 11.1. The van der Waals surface area contributed by atoms with Gasteiger partial charge in [0.1, 0.15) is 4.38 Å². The summed E-state index contributed by atoms with van der Waals surface area (Å²) in [6.45, 7) is 4.51. The van der Waals surface area contributed by atoms with Crippen molar-refractivity contribution >= 4 is 56.0 Å². The van der Waals surface area contributed by atoms with E-state index >= 15 is 0 Å². The van der Waals surface area contributed by atoms with Crippen LogP contribution in [-0.2, 0) is 10.5 Å². The number of carbonyl (C=O) groups is 1. The molecular weight excluding hydrogens is 346 g/mol. The fourth-order valence-electron chi connectivity index (χ4n) is 2.20. The molecule has 3 rings (SSSR count). The highest BCUT2D eigenvalue weighted by molar-refractivity contribution is 8.38. The maximum Gasteiger partial charge on any atom is 0.230 e. The molecule has 1 aliphatic heterocycles. The van der Waals surface area contributed by atoms with E-state index in [-0.39, 0.29) is 5.91 Å². The first-order valence-corrected chi connectivity index (χ1v) is 10.1. The molecule has 0 radical (unpaired) electrons. The minimum absolute atomic E-state index is 0.0279. The van der Waals surface area contributed by atoms with Crippen molar-refractivity contribution in [3.05, 3.63) is 40.9 Å². The van der Waals surface area contributed by atoms with Crippen molar-refractivity contribution < 1.29 is 4.79 Å². The first kappa shape index (κ1) is 16.5. The topological polar surface area (TPSA) is 45.6 Å². The van der Waals surface area contributed by atoms with Crippen LogP contribution in [0.5, 0.6) is 0 Å². The van der Waals surface area contributed by atoms with E-state index in [9.17, 15) is 4.79 Å². The second-order valence-electron chi connectivity index (χ2n) is 5.10. The summed E-state index contributed by atoms with van der Waals surface area (Å²) in [6, 6.07) is 7.92. The molecule has 1 aliphatic rings. The molecule has 0 bridgehead atoms. The van der Waals surface area contributed by atoms with Crippen LogP contribution in [0.4, 0.5) is 10.8 Å². The van der Waals surface area contributed by atoms with Crippen molar-refractivity contribution in [3.63, 3.8) is 0 Å². The molecule has 1 aromatic carbocycles. The number of benzene rings is 1. The number of nitrogens with zero attached hydrogens (tertiary/aromatic N) is 3. The van der Waals surface area contributed by atoms with Crippen LogP contribution in [0.25, 0.3) is 0 Å². The van der Waals surface area contributed by atoms with Crippen molar-refractivity contribution in [3.8, 4) is 0 Å². The van der Waals surface area contributed by atoms with E-state index in [0.29, 0.717) is 0 Å². The molecule has 0 saturated heterocycles. The Morgan fingerprint density at radius 2 is 2.30 bits per heavy atom. The molecule has 0 unspecified atom stereocenters. The molecule has 23 heavy (non-hydrogen) atoms. The Morgan fingerprint density at radius 1 is 1.43 bits per heavy atom. The second kappa shape index (κ2) is 7.51. The lowest BCUT2D eigenvalue weighted by atomic mass is 10.2. The van der Waals surface area contributed by atoms with Gasteiger partial charge in [-0.1, -0.05) is 35.7 Å². The van der Waals surface area contributed by atoms with Gasteiger partial charge in [0, 0.05) is 23.8 Å². The maximum atomic E-state index is 12.1. The van der Waals surface area contributed by atoms with Crippen LogP contribution in [0.15, 0.2) is 34.6 Å². The van der Waals surface area contributed by atoms with Gasteiger partial charge in [-0.2, -0.15) is 0 Å². The summed E-state index contributed by atoms with van der Waals surface area (Å²) < 4.78 is 1.14. The normalized spacial score (nSPS) is 13.9. The third-order valence-corrected chi connectivity index (χ3v) is 6.37. The second-order valence-corrected chi connectivity index (χ2v) is 8.24. The van der Waals surface area contributed by atoms with Gasteiger partial charge in [0.25, 0.3) is 0 Å². The average Bonchev–Trinajstić information content (AvgIpc) is 3.16. The molecule has 0 saturated carbocycles. The lowest BCUT2D eigenvalue weighted by Crippen LogP contribution is -2.22. The fraction of sp³-hybridized carbons (Fsp3) is 0.312. The largest absolute Gasteiger partial charge is 0.274 e. The predicted molar refractivity (Wildman–Crippen MR) is 102 cm³/mol. The summed E-state index contributed by atoms with van der Waals surface area (Å²) in [5.41, 5.74) is 2.98. The van der Waals surface area contributed by atoms with Gasteiger partial charge in [0.2, 0.25) is 5.91 Å².